The topological polar surface area (TPSA) is 357 Å². The molecule has 0 amide bonds. The molecule has 362 valence electrons. The van der Waals surface area contributed by atoms with Crippen LogP contribution in [0.25, 0.3) is 0 Å². The van der Waals surface area contributed by atoms with Gasteiger partial charge in [0.25, 0.3) is 0 Å². The van der Waals surface area contributed by atoms with Crippen molar-refractivity contribution in [2.45, 2.75) is 199 Å². The summed E-state index contributed by atoms with van der Waals surface area (Å²) in [4.78, 5) is 12.5. The zero-order chi connectivity index (χ0) is 45.3. The Kier molecular flexibility index (Phi) is 16.9. The Morgan fingerprint density at radius 3 is 2.00 bits per heavy atom. The van der Waals surface area contributed by atoms with Gasteiger partial charge >= 0.3 is 5.97 Å². The van der Waals surface area contributed by atoms with Gasteiger partial charge < -0.3 is 104 Å². The molecule has 7 aliphatic rings. The molecule has 4 saturated heterocycles. The molecule has 7 rings (SSSR count). The maximum atomic E-state index is 12.5. The molecule has 4 aliphatic heterocycles. The Labute approximate surface area is 363 Å². The molecule has 0 radical (unpaired) electrons. The molecule has 3 aliphatic carbocycles. The lowest BCUT2D eigenvalue weighted by atomic mass is 9.72. The van der Waals surface area contributed by atoms with Gasteiger partial charge in [-0.3, -0.25) is 0 Å². The first-order chi connectivity index (χ1) is 30.0. The van der Waals surface area contributed by atoms with Crippen molar-refractivity contribution < 1.29 is 109 Å². The lowest BCUT2D eigenvalue weighted by molar-refractivity contribution is -0.385. The van der Waals surface area contributed by atoms with Crippen molar-refractivity contribution in [1.29, 1.82) is 0 Å². The highest BCUT2D eigenvalue weighted by Crippen LogP contribution is 2.43. The van der Waals surface area contributed by atoms with E-state index in [1.54, 1.807) is 6.08 Å². The number of fused-ring (bicyclic) bond motifs is 1. The minimum absolute atomic E-state index is 0.0798. The summed E-state index contributed by atoms with van der Waals surface area (Å²) in [6, 6.07) is 0. The summed E-state index contributed by atoms with van der Waals surface area (Å²) < 4.78 is 46.0. The molecule has 7 fully saturated rings. The number of hydrogen-bond acceptors (Lipinski definition) is 21. The number of aliphatic hydroxyl groups excluding tert-OH is 13. The van der Waals surface area contributed by atoms with Gasteiger partial charge in [0.1, 0.15) is 79.9 Å². The third kappa shape index (κ3) is 11.6. The number of rotatable bonds is 12. The first-order valence-corrected chi connectivity index (χ1v) is 22.2. The Balaban J connectivity index is 1.06. The monoisotopic (exact) mass is 911 g/mol. The van der Waals surface area contributed by atoms with Crippen LogP contribution in [-0.2, 0) is 38.0 Å². The van der Waals surface area contributed by atoms with Gasteiger partial charge in [0, 0.05) is 24.8 Å². The molecule has 9 unspecified atom stereocenters. The summed E-state index contributed by atoms with van der Waals surface area (Å²) in [6.07, 6.45) is -22.9. The fourth-order valence-electron chi connectivity index (χ4n) is 10.1. The van der Waals surface area contributed by atoms with E-state index in [0.29, 0.717) is 32.1 Å². The lowest BCUT2D eigenvalue weighted by Gasteiger charge is -2.49. The van der Waals surface area contributed by atoms with E-state index in [0.717, 1.165) is 0 Å². The number of ether oxygens (including phenoxy) is 8. The molecule has 3 saturated carbocycles. The van der Waals surface area contributed by atoms with Crippen LogP contribution in [0.5, 0.6) is 0 Å². The number of allylic oxidation sites excluding steroid dienone is 1. The molecule has 22 heteroatoms. The average molecular weight is 912 g/mol. The first kappa shape index (κ1) is 49.3. The van der Waals surface area contributed by atoms with Crippen LogP contribution >= 0.6 is 0 Å². The van der Waals surface area contributed by atoms with Gasteiger partial charge in [0.2, 0.25) is 0 Å². The Hall–Kier alpha value is -1.59. The lowest BCUT2D eigenvalue weighted by Crippen LogP contribution is -2.65. The summed E-state index contributed by atoms with van der Waals surface area (Å²) in [6.45, 7) is -1.66. The molecule has 14 N–H and O–H groups in total. The van der Waals surface area contributed by atoms with Gasteiger partial charge in [-0.1, -0.05) is 6.08 Å². The molecule has 0 aromatic carbocycles. The third-order valence-electron chi connectivity index (χ3n) is 14.0. The molecule has 4 heterocycles. The van der Waals surface area contributed by atoms with Gasteiger partial charge in [-0.05, 0) is 57.3 Å². The van der Waals surface area contributed by atoms with Crippen LogP contribution in [-0.4, -0.2) is 232 Å². The zero-order valence-electron chi connectivity index (χ0n) is 34.8. The van der Waals surface area contributed by atoms with Crippen molar-refractivity contribution in [1.82, 2.24) is 0 Å². The van der Waals surface area contributed by atoms with E-state index in [1.165, 1.54) is 6.08 Å². The molecular formula is C41H67O22+. The Bertz CT molecular complexity index is 1490. The predicted octanol–water partition coefficient (Wildman–Crippen LogP) is -5.56. The second-order valence-corrected chi connectivity index (χ2v) is 18.5. The number of aliphatic hydroxyl groups is 15. The highest BCUT2D eigenvalue weighted by Gasteiger charge is 2.56. The summed E-state index contributed by atoms with van der Waals surface area (Å²) >= 11 is 0. The van der Waals surface area contributed by atoms with Crippen LogP contribution < -0.4 is 0 Å². The summed E-state index contributed by atoms with van der Waals surface area (Å²) in [5, 5.41) is 139. The van der Waals surface area contributed by atoms with E-state index in [9.17, 15) is 71.2 Å². The maximum Gasteiger partial charge on any atom is 0.330 e. The molecule has 0 spiro atoms. The van der Waals surface area contributed by atoms with Crippen molar-refractivity contribution in [2.75, 3.05) is 19.8 Å². The van der Waals surface area contributed by atoms with Crippen LogP contribution in [0, 0.1) is 17.8 Å². The van der Waals surface area contributed by atoms with Crippen LogP contribution in [0.3, 0.4) is 0 Å². The van der Waals surface area contributed by atoms with Crippen LogP contribution in [0.2, 0.25) is 0 Å². The van der Waals surface area contributed by atoms with Crippen molar-refractivity contribution in [3.8, 4) is 0 Å². The normalized spacial score (nSPS) is 51.1. The summed E-state index contributed by atoms with van der Waals surface area (Å²) in [5.74, 6) is -1.49. The second kappa shape index (κ2) is 21.6. The first-order valence-electron chi connectivity index (χ1n) is 22.2. The Morgan fingerprint density at radius 1 is 0.587 bits per heavy atom. The van der Waals surface area contributed by atoms with Crippen molar-refractivity contribution in [3.05, 3.63) is 12.2 Å². The number of carbonyl (C=O) groups excluding carboxylic acids is 1. The average Bonchev–Trinajstić information content (AvgIpc) is 3.25. The van der Waals surface area contributed by atoms with Gasteiger partial charge in [0.15, 0.2) is 31.1 Å². The summed E-state index contributed by atoms with van der Waals surface area (Å²) in [7, 11) is 0. The Morgan fingerprint density at radius 2 is 1.27 bits per heavy atom. The predicted molar refractivity (Wildman–Crippen MR) is 207 cm³/mol. The molecule has 63 heavy (non-hydrogen) atoms. The number of carbonyl (C=O) groups is 1. The molecule has 0 aromatic rings. The van der Waals surface area contributed by atoms with Crippen LogP contribution in [0.1, 0.15) is 64.2 Å². The van der Waals surface area contributed by atoms with E-state index in [-0.39, 0.29) is 50.0 Å². The highest BCUT2D eigenvalue weighted by atomic mass is 16.8. The highest BCUT2D eigenvalue weighted by molar-refractivity contribution is 5.81. The third-order valence-corrected chi connectivity index (χ3v) is 14.0. The van der Waals surface area contributed by atoms with Crippen LogP contribution in [0.15, 0.2) is 12.2 Å². The maximum absolute atomic E-state index is 12.5. The van der Waals surface area contributed by atoms with Crippen molar-refractivity contribution >= 4 is 5.97 Å². The van der Waals surface area contributed by atoms with E-state index >= 15 is 0 Å². The largest absolute Gasteiger partial charge is 0.460 e. The molecule has 0 aromatic heterocycles. The van der Waals surface area contributed by atoms with Gasteiger partial charge in [0.05, 0.1) is 49.7 Å². The minimum atomic E-state index is -1.89. The number of hydrogen-bond donors (Lipinski definition) is 13. The second-order valence-electron chi connectivity index (χ2n) is 18.5. The quantitative estimate of drug-likeness (QED) is 0.0493. The molecule has 22 nitrogen and oxygen atoms in total. The fourth-order valence-corrected chi connectivity index (χ4v) is 10.1. The molecule has 0 bridgehead atoms. The van der Waals surface area contributed by atoms with Gasteiger partial charge in [-0.15, -0.1) is 0 Å². The molecular weight excluding hydrogens is 844 g/mol. The van der Waals surface area contributed by atoms with Gasteiger partial charge in [-0.25, -0.2) is 4.79 Å². The zero-order valence-corrected chi connectivity index (χ0v) is 34.8. The molecule has 23 atom stereocenters. The van der Waals surface area contributed by atoms with E-state index in [4.69, 9.17) is 37.9 Å². The van der Waals surface area contributed by atoms with E-state index in [2.05, 4.69) is 0 Å². The van der Waals surface area contributed by atoms with E-state index in [1.807, 2.05) is 0 Å². The fraction of sp³-hybridized carbons (Fsp3) is 0.927. The van der Waals surface area contributed by atoms with Crippen molar-refractivity contribution in [3.63, 3.8) is 0 Å². The smallest absolute Gasteiger partial charge is 0.330 e. The standard InChI is InChI=1S/C41H66O22/c42-18-5-1-16(2-6-18)3-8-29(48)56-14-27-31(50)33(52)36(55)39(61-27)58-15-28-32(51)34(53)38(63-40-35(54)30(49)24(47)13-57-40)41(62-28)60-26-12-20-22(45)10-19(43)11-25(20)59-37(26)17-4-7-21(44)23(46)9-17/h3,8,16-28,30-47,49-55H,1-2,4-7,9-15H2/p+1/t16?,17?,18?,19?,20?,21?,22?,23?,24-,25?,26?,27-,28+,30+,31-,32-,33+,34-,35-,36-,37?,38+,39-,40+,41+/m1/s1. The van der Waals surface area contributed by atoms with E-state index < -0.39 is 160 Å². The summed E-state index contributed by atoms with van der Waals surface area (Å²) in [5.41, 5.74) is 0. The van der Waals surface area contributed by atoms with Crippen molar-refractivity contribution in [2.24, 2.45) is 17.8 Å². The van der Waals surface area contributed by atoms with Gasteiger partial charge in [-0.2, -0.15) is 0 Å². The number of esters is 1. The van der Waals surface area contributed by atoms with Crippen LogP contribution in [0.4, 0.5) is 0 Å². The SMILES string of the molecule is O=C(C=CC1CCC(O)CC1)OC[C@H]1O[C@@H](OC[C@@H]2O[C@H](OC3CC4C(O)CC(O)CC4[OH+]C3C3CCC(O)C(O)C3)[C@@H](O[C@@H]3OC[C@@H](O)[C@H](O)[C@H]3O)[C@H](O)[C@@H]2O)[C@H](O)[C@@H](O)[C@@H]1O. The minimum Gasteiger partial charge on any atom is -0.460 e.